The summed E-state index contributed by atoms with van der Waals surface area (Å²) in [4.78, 5) is 40.1. The van der Waals surface area contributed by atoms with Gasteiger partial charge in [0.05, 0.1) is 18.9 Å². The van der Waals surface area contributed by atoms with Gasteiger partial charge in [-0.05, 0) is 68.5 Å². The summed E-state index contributed by atoms with van der Waals surface area (Å²) in [5.74, 6) is 0.0354. The number of nitrogens with zero attached hydrogens (tertiary/aromatic N) is 2. The van der Waals surface area contributed by atoms with E-state index in [1.165, 1.54) is 12.7 Å². The molecule has 0 aliphatic carbocycles. The number of carbonyl (C=O) groups is 3. The van der Waals surface area contributed by atoms with Crippen LogP contribution >= 0.6 is 0 Å². The molecule has 2 aliphatic rings. The first-order chi connectivity index (χ1) is 20.5. The summed E-state index contributed by atoms with van der Waals surface area (Å²) in [6.07, 6.45) is 4.39. The minimum atomic E-state index is -0.364. The maximum absolute atomic E-state index is 12.4. The zero-order valence-corrected chi connectivity index (χ0v) is 24.4. The van der Waals surface area contributed by atoms with Crippen molar-refractivity contribution >= 4 is 29.3 Å². The van der Waals surface area contributed by atoms with Crippen molar-refractivity contribution in [3.63, 3.8) is 0 Å². The van der Waals surface area contributed by atoms with Gasteiger partial charge >= 0.3 is 6.09 Å². The van der Waals surface area contributed by atoms with Gasteiger partial charge in [0.2, 0.25) is 11.8 Å². The molecule has 0 spiro atoms. The normalized spacial score (nSPS) is 18.6. The van der Waals surface area contributed by atoms with E-state index in [1.54, 1.807) is 4.90 Å². The topological polar surface area (TPSA) is 91.0 Å². The molecule has 0 bridgehead atoms. The Morgan fingerprint density at radius 1 is 0.714 bits per heavy atom. The second-order valence-electron chi connectivity index (χ2n) is 10.8. The Labute approximate surface area is 249 Å². The minimum absolute atomic E-state index is 0.0418. The Balaban J connectivity index is 0.000000197. The lowest BCUT2D eigenvalue weighted by atomic mass is 9.96. The molecule has 2 atom stereocenters. The van der Waals surface area contributed by atoms with Crippen LogP contribution in [-0.2, 0) is 20.7 Å². The van der Waals surface area contributed by atoms with Crippen molar-refractivity contribution in [2.24, 2.45) is 11.8 Å². The zero-order valence-electron chi connectivity index (χ0n) is 24.4. The smallest absolute Gasteiger partial charge is 0.409 e. The van der Waals surface area contributed by atoms with E-state index in [1.807, 2.05) is 66.7 Å². The lowest BCUT2D eigenvalue weighted by Gasteiger charge is -2.32. The number of hydrogen-bond donors (Lipinski definition) is 2. The van der Waals surface area contributed by atoms with Crippen molar-refractivity contribution in [3.05, 3.63) is 96.6 Å². The Kier molecular flexibility index (Phi) is 12.0. The molecule has 0 saturated carbocycles. The van der Waals surface area contributed by atoms with E-state index in [-0.39, 0.29) is 29.7 Å². The molecule has 222 valence electrons. The fourth-order valence-corrected chi connectivity index (χ4v) is 5.42. The molecule has 5 rings (SSSR count). The molecular formula is C34H42N4O4. The number of piperidine rings is 2. The first-order valence-electron chi connectivity index (χ1n) is 14.8. The molecule has 8 nitrogen and oxygen atoms in total. The van der Waals surface area contributed by atoms with Crippen molar-refractivity contribution < 1.29 is 19.1 Å². The SMILES string of the molecule is COC(=O)N1CCC[C@@H](C(=O)Nc2ccccc2)C1.O=C(Nc1ccccc1)[C@@H]1CCCN(CCc2ccccc2)C1. The summed E-state index contributed by atoms with van der Waals surface area (Å²) in [7, 11) is 1.36. The number of amides is 3. The molecule has 0 unspecified atom stereocenters. The van der Waals surface area contributed by atoms with Crippen molar-refractivity contribution in [2.75, 3.05) is 50.5 Å². The quantitative estimate of drug-likeness (QED) is 0.381. The van der Waals surface area contributed by atoms with E-state index in [4.69, 9.17) is 4.74 Å². The van der Waals surface area contributed by atoms with E-state index in [0.29, 0.717) is 13.1 Å². The van der Waals surface area contributed by atoms with Crippen LogP contribution in [0.3, 0.4) is 0 Å². The molecule has 3 aromatic rings. The molecule has 0 radical (unpaired) electrons. The molecule has 2 fully saturated rings. The van der Waals surface area contributed by atoms with Crippen molar-refractivity contribution in [1.82, 2.24) is 9.80 Å². The van der Waals surface area contributed by atoms with Crippen LogP contribution in [0.4, 0.5) is 16.2 Å². The second kappa shape index (κ2) is 16.3. The molecule has 42 heavy (non-hydrogen) atoms. The number of benzene rings is 3. The fraction of sp³-hybridized carbons (Fsp3) is 0.382. The van der Waals surface area contributed by atoms with E-state index in [0.717, 1.165) is 63.1 Å². The number of methoxy groups -OCH3 is 1. The summed E-state index contributed by atoms with van der Waals surface area (Å²) in [5, 5.41) is 5.91. The first kappa shape index (κ1) is 30.8. The van der Waals surface area contributed by atoms with Crippen LogP contribution in [0, 0.1) is 11.8 Å². The molecule has 2 N–H and O–H groups in total. The molecule has 8 heteroatoms. The van der Waals surface area contributed by atoms with E-state index in [2.05, 4.69) is 39.8 Å². The van der Waals surface area contributed by atoms with Crippen LogP contribution < -0.4 is 10.6 Å². The van der Waals surface area contributed by atoms with Gasteiger partial charge in [0, 0.05) is 37.6 Å². The minimum Gasteiger partial charge on any atom is -0.453 e. The van der Waals surface area contributed by atoms with Crippen LogP contribution in [0.25, 0.3) is 0 Å². The number of carbonyl (C=O) groups excluding carboxylic acids is 3. The predicted molar refractivity (Wildman–Crippen MR) is 166 cm³/mol. The van der Waals surface area contributed by atoms with Gasteiger partial charge in [-0.15, -0.1) is 0 Å². The lowest BCUT2D eigenvalue weighted by Crippen LogP contribution is -2.43. The molecular weight excluding hydrogens is 528 g/mol. The van der Waals surface area contributed by atoms with E-state index < -0.39 is 0 Å². The van der Waals surface area contributed by atoms with Gasteiger partial charge in [-0.25, -0.2) is 4.79 Å². The second-order valence-corrected chi connectivity index (χ2v) is 10.8. The number of ether oxygens (including phenoxy) is 1. The number of rotatable bonds is 7. The van der Waals surface area contributed by atoms with Crippen LogP contribution in [0.2, 0.25) is 0 Å². The van der Waals surface area contributed by atoms with Gasteiger partial charge in [0.25, 0.3) is 0 Å². The Hall–Kier alpha value is -4.17. The molecule has 3 aromatic carbocycles. The van der Waals surface area contributed by atoms with Crippen molar-refractivity contribution in [2.45, 2.75) is 32.1 Å². The van der Waals surface area contributed by atoms with Gasteiger partial charge in [-0.1, -0.05) is 66.7 Å². The molecule has 2 saturated heterocycles. The highest BCUT2D eigenvalue weighted by Crippen LogP contribution is 2.20. The highest BCUT2D eigenvalue weighted by atomic mass is 16.5. The molecule has 2 aliphatic heterocycles. The van der Waals surface area contributed by atoms with Crippen LogP contribution in [0.1, 0.15) is 31.2 Å². The number of nitrogens with one attached hydrogen (secondary N) is 2. The van der Waals surface area contributed by atoms with Crippen LogP contribution in [0.15, 0.2) is 91.0 Å². The third-order valence-electron chi connectivity index (χ3n) is 7.74. The summed E-state index contributed by atoms with van der Waals surface area (Å²) in [5.41, 5.74) is 3.03. The number of hydrogen-bond acceptors (Lipinski definition) is 5. The Morgan fingerprint density at radius 2 is 1.21 bits per heavy atom. The predicted octanol–water partition coefficient (Wildman–Crippen LogP) is 5.68. The Morgan fingerprint density at radius 3 is 1.76 bits per heavy atom. The largest absolute Gasteiger partial charge is 0.453 e. The summed E-state index contributed by atoms with van der Waals surface area (Å²) in [6, 6.07) is 29.6. The monoisotopic (exact) mass is 570 g/mol. The average Bonchev–Trinajstić information content (AvgIpc) is 3.05. The van der Waals surface area contributed by atoms with E-state index >= 15 is 0 Å². The average molecular weight is 571 g/mol. The Bertz CT molecular complexity index is 1260. The van der Waals surface area contributed by atoms with Crippen molar-refractivity contribution in [3.8, 4) is 0 Å². The standard InChI is InChI=1S/C20H24N2O.C14H18N2O3/c23-20(21-19-11-5-2-6-12-19)18-10-7-14-22(16-18)15-13-17-8-3-1-4-9-17;1-19-14(18)16-9-5-6-11(10-16)13(17)15-12-7-3-2-4-8-12/h1-6,8-9,11-12,18H,7,10,13-16H2,(H,21,23);2-4,7-8,11H,5-6,9-10H2,1H3,(H,15,17)/t18-;11-/m11/s1. The highest BCUT2D eigenvalue weighted by molar-refractivity contribution is 5.93. The summed E-state index contributed by atoms with van der Waals surface area (Å²) in [6.45, 7) is 4.07. The van der Waals surface area contributed by atoms with Crippen LogP contribution in [0.5, 0.6) is 0 Å². The fourth-order valence-electron chi connectivity index (χ4n) is 5.42. The molecule has 2 heterocycles. The van der Waals surface area contributed by atoms with Crippen molar-refractivity contribution in [1.29, 1.82) is 0 Å². The van der Waals surface area contributed by atoms with Crippen LogP contribution in [-0.4, -0.2) is 67.5 Å². The maximum Gasteiger partial charge on any atom is 0.409 e. The maximum atomic E-state index is 12.4. The van der Waals surface area contributed by atoms with Gasteiger partial charge in [-0.2, -0.15) is 0 Å². The number of anilines is 2. The number of para-hydroxylation sites is 2. The molecule has 3 amide bonds. The highest BCUT2D eigenvalue weighted by Gasteiger charge is 2.29. The third kappa shape index (κ3) is 9.73. The van der Waals surface area contributed by atoms with Gasteiger partial charge in [0.1, 0.15) is 0 Å². The van der Waals surface area contributed by atoms with Gasteiger partial charge in [-0.3, -0.25) is 9.59 Å². The zero-order chi connectivity index (χ0) is 29.6. The summed E-state index contributed by atoms with van der Waals surface area (Å²) >= 11 is 0. The summed E-state index contributed by atoms with van der Waals surface area (Å²) < 4.78 is 4.69. The van der Waals surface area contributed by atoms with E-state index in [9.17, 15) is 14.4 Å². The number of likely N-dealkylation sites (tertiary alicyclic amines) is 2. The van der Waals surface area contributed by atoms with Gasteiger partial charge in [0.15, 0.2) is 0 Å². The van der Waals surface area contributed by atoms with Gasteiger partial charge < -0.3 is 25.2 Å². The molecule has 0 aromatic heterocycles. The third-order valence-corrected chi connectivity index (χ3v) is 7.74. The first-order valence-corrected chi connectivity index (χ1v) is 14.8. The lowest BCUT2D eigenvalue weighted by molar-refractivity contribution is -0.122.